The van der Waals surface area contributed by atoms with E-state index in [9.17, 15) is 12.8 Å². The third kappa shape index (κ3) is 4.00. The first-order valence-electron chi connectivity index (χ1n) is 9.71. The first-order chi connectivity index (χ1) is 13.5. The molecule has 2 fully saturated rings. The number of sulfonamides is 1. The van der Waals surface area contributed by atoms with Crippen LogP contribution in [-0.4, -0.2) is 35.2 Å². The van der Waals surface area contributed by atoms with Gasteiger partial charge in [0.25, 0.3) is 0 Å². The molecule has 0 unspecified atom stereocenters. The van der Waals surface area contributed by atoms with Crippen molar-refractivity contribution in [2.45, 2.75) is 62.3 Å². The topological polar surface area (TPSA) is 88.7 Å². The van der Waals surface area contributed by atoms with Crippen molar-refractivity contribution in [3.05, 3.63) is 36.0 Å². The van der Waals surface area contributed by atoms with E-state index in [0.717, 1.165) is 56.4 Å². The molecule has 150 valence electrons. The average molecular weight is 406 g/mol. The zero-order valence-corrected chi connectivity index (χ0v) is 16.4. The van der Waals surface area contributed by atoms with Crippen molar-refractivity contribution >= 4 is 21.7 Å². The van der Waals surface area contributed by atoms with Crippen LogP contribution in [0, 0.1) is 5.82 Å². The first kappa shape index (κ1) is 19.2. The molecule has 2 heterocycles. The SMILES string of the molecule is O=S(=O)(c1ccc(F)cc1)N1CCCC[C@H]1c1nnc(N=C2CCCCC2)o1. The number of halogens is 1. The Kier molecular flexibility index (Phi) is 5.54. The molecule has 9 heteroatoms. The van der Waals surface area contributed by atoms with Crippen molar-refractivity contribution in [1.29, 1.82) is 0 Å². The van der Waals surface area contributed by atoms with Gasteiger partial charge < -0.3 is 4.42 Å². The molecule has 1 aliphatic heterocycles. The van der Waals surface area contributed by atoms with Gasteiger partial charge in [0.2, 0.25) is 15.9 Å². The Morgan fingerprint density at radius 3 is 2.54 bits per heavy atom. The fourth-order valence-electron chi connectivity index (χ4n) is 3.79. The third-order valence-electron chi connectivity index (χ3n) is 5.27. The molecule has 4 rings (SSSR count). The van der Waals surface area contributed by atoms with Gasteiger partial charge in [-0.15, -0.1) is 5.10 Å². The van der Waals surface area contributed by atoms with Crippen molar-refractivity contribution in [2.75, 3.05) is 6.54 Å². The summed E-state index contributed by atoms with van der Waals surface area (Å²) in [4.78, 5) is 4.51. The van der Waals surface area contributed by atoms with E-state index in [1.807, 2.05) is 0 Å². The number of aromatic nitrogens is 2. The normalized spacial score (nSPS) is 21.6. The van der Waals surface area contributed by atoms with Crippen molar-refractivity contribution in [2.24, 2.45) is 4.99 Å². The lowest BCUT2D eigenvalue weighted by atomic mass is 9.99. The maximum Gasteiger partial charge on any atom is 0.342 e. The van der Waals surface area contributed by atoms with Crippen molar-refractivity contribution < 1.29 is 17.2 Å². The fourth-order valence-corrected chi connectivity index (χ4v) is 5.45. The minimum Gasteiger partial charge on any atom is -0.405 e. The van der Waals surface area contributed by atoms with Crippen molar-refractivity contribution in [3.8, 4) is 0 Å². The maximum absolute atomic E-state index is 13.2. The Labute approximate surface area is 163 Å². The summed E-state index contributed by atoms with van der Waals surface area (Å²) in [5.41, 5.74) is 1.06. The number of aliphatic imine (C=N–C) groups is 1. The van der Waals surface area contributed by atoms with Crippen LogP contribution in [0.3, 0.4) is 0 Å². The van der Waals surface area contributed by atoms with E-state index in [1.165, 1.54) is 22.9 Å². The van der Waals surface area contributed by atoms with E-state index in [2.05, 4.69) is 15.2 Å². The molecule has 1 aliphatic carbocycles. The van der Waals surface area contributed by atoms with E-state index in [-0.39, 0.29) is 16.8 Å². The summed E-state index contributed by atoms with van der Waals surface area (Å²) in [7, 11) is -3.79. The monoisotopic (exact) mass is 406 g/mol. The van der Waals surface area contributed by atoms with Crippen LogP contribution in [-0.2, 0) is 10.0 Å². The molecule has 2 aliphatic rings. The van der Waals surface area contributed by atoms with Crippen LogP contribution in [0.15, 0.2) is 38.6 Å². The lowest BCUT2D eigenvalue weighted by Gasteiger charge is -2.32. The highest BCUT2D eigenvalue weighted by atomic mass is 32.2. The number of benzene rings is 1. The molecule has 1 atom stereocenters. The highest BCUT2D eigenvalue weighted by Crippen LogP contribution is 2.35. The number of rotatable bonds is 4. The Balaban J connectivity index is 1.60. The molecule has 0 radical (unpaired) electrons. The van der Waals surface area contributed by atoms with Crippen molar-refractivity contribution in [1.82, 2.24) is 14.5 Å². The van der Waals surface area contributed by atoms with Crippen LogP contribution in [0.4, 0.5) is 10.4 Å². The lowest BCUT2D eigenvalue weighted by molar-refractivity contribution is 0.220. The van der Waals surface area contributed by atoms with E-state index in [1.54, 1.807) is 0 Å². The molecule has 7 nitrogen and oxygen atoms in total. The summed E-state index contributed by atoms with van der Waals surface area (Å²) in [6, 6.07) is 4.52. The number of hydrogen-bond acceptors (Lipinski definition) is 6. The zero-order valence-electron chi connectivity index (χ0n) is 15.6. The highest BCUT2D eigenvalue weighted by Gasteiger charge is 2.37. The Bertz CT molecular complexity index is 948. The summed E-state index contributed by atoms with van der Waals surface area (Å²) in [6.07, 6.45) is 7.54. The number of piperidine rings is 1. The Morgan fingerprint density at radius 2 is 1.79 bits per heavy atom. The smallest absolute Gasteiger partial charge is 0.342 e. The second-order valence-electron chi connectivity index (χ2n) is 7.24. The van der Waals surface area contributed by atoms with Gasteiger partial charge in [-0.3, -0.25) is 0 Å². The van der Waals surface area contributed by atoms with Crippen LogP contribution < -0.4 is 0 Å². The van der Waals surface area contributed by atoms with Gasteiger partial charge >= 0.3 is 6.01 Å². The standard InChI is InChI=1S/C19H23FN4O3S/c20-14-9-11-16(12-10-14)28(25,26)24-13-5-4-8-17(24)18-22-23-19(27-18)21-15-6-2-1-3-7-15/h9-12,17H,1-8,13H2/t17-/m0/s1. The van der Waals surface area contributed by atoms with Crippen LogP contribution in [0.25, 0.3) is 0 Å². The Morgan fingerprint density at radius 1 is 1.04 bits per heavy atom. The van der Waals surface area contributed by atoms with Gasteiger partial charge in [-0.05, 0) is 62.8 Å². The summed E-state index contributed by atoms with van der Waals surface area (Å²) < 4.78 is 46.5. The number of nitrogens with zero attached hydrogens (tertiary/aromatic N) is 4. The number of hydrogen-bond donors (Lipinski definition) is 0. The molecule has 28 heavy (non-hydrogen) atoms. The maximum atomic E-state index is 13.2. The first-order valence-corrected chi connectivity index (χ1v) is 11.2. The van der Waals surface area contributed by atoms with Crippen LogP contribution in [0.2, 0.25) is 0 Å². The van der Waals surface area contributed by atoms with Crippen LogP contribution in [0.1, 0.15) is 63.3 Å². The summed E-state index contributed by atoms with van der Waals surface area (Å²) in [5, 5.41) is 8.10. The molecule has 1 aromatic carbocycles. The molecule has 0 spiro atoms. The van der Waals surface area contributed by atoms with Gasteiger partial charge in [-0.1, -0.05) is 17.9 Å². The van der Waals surface area contributed by atoms with E-state index in [0.29, 0.717) is 13.0 Å². The summed E-state index contributed by atoms with van der Waals surface area (Å²) in [6.45, 7) is 0.358. The molecule has 0 amide bonds. The predicted molar refractivity (Wildman–Crippen MR) is 101 cm³/mol. The van der Waals surface area contributed by atoms with Gasteiger partial charge in [-0.2, -0.15) is 4.31 Å². The van der Waals surface area contributed by atoms with Crippen LogP contribution in [0.5, 0.6) is 0 Å². The highest BCUT2D eigenvalue weighted by molar-refractivity contribution is 7.89. The minimum atomic E-state index is -3.79. The molecule has 1 aromatic heterocycles. The van der Waals surface area contributed by atoms with Crippen LogP contribution >= 0.6 is 0 Å². The minimum absolute atomic E-state index is 0.0583. The van der Waals surface area contributed by atoms with E-state index < -0.39 is 21.9 Å². The molecule has 1 saturated carbocycles. The zero-order chi connectivity index (χ0) is 19.6. The van der Waals surface area contributed by atoms with Gasteiger partial charge in [0.05, 0.1) is 4.90 Å². The van der Waals surface area contributed by atoms with E-state index in [4.69, 9.17) is 4.42 Å². The van der Waals surface area contributed by atoms with Gasteiger partial charge in [0, 0.05) is 12.3 Å². The fraction of sp³-hybridized carbons (Fsp3) is 0.526. The molecular weight excluding hydrogens is 383 g/mol. The lowest BCUT2D eigenvalue weighted by Crippen LogP contribution is -2.38. The molecule has 1 saturated heterocycles. The molecule has 2 aromatic rings. The van der Waals surface area contributed by atoms with Gasteiger partial charge in [0.1, 0.15) is 11.9 Å². The Hall–Kier alpha value is -2.13. The van der Waals surface area contributed by atoms with E-state index >= 15 is 0 Å². The van der Waals surface area contributed by atoms with Gasteiger partial charge in [-0.25, -0.2) is 17.8 Å². The largest absolute Gasteiger partial charge is 0.405 e. The summed E-state index contributed by atoms with van der Waals surface area (Å²) in [5.74, 6) is -0.210. The molecule has 0 N–H and O–H groups in total. The van der Waals surface area contributed by atoms with Crippen molar-refractivity contribution in [3.63, 3.8) is 0 Å². The quantitative estimate of drug-likeness (QED) is 0.761. The predicted octanol–water partition coefficient (Wildman–Crippen LogP) is 4.16. The van der Waals surface area contributed by atoms with Gasteiger partial charge in [0.15, 0.2) is 0 Å². The summed E-state index contributed by atoms with van der Waals surface area (Å²) >= 11 is 0. The molecular formula is C19H23FN4O3S. The average Bonchev–Trinajstić information content (AvgIpc) is 3.17. The molecule has 0 bridgehead atoms. The second kappa shape index (κ2) is 8.08. The third-order valence-corrected chi connectivity index (χ3v) is 7.20. The second-order valence-corrected chi connectivity index (χ2v) is 9.13.